The summed E-state index contributed by atoms with van der Waals surface area (Å²) in [5.41, 5.74) is 8.05. The zero-order chi connectivity index (χ0) is 21.0. The molecule has 3 rings (SSSR count). The van der Waals surface area contributed by atoms with Crippen LogP contribution < -0.4 is 5.73 Å². The Balaban J connectivity index is 1.78. The maximum atomic E-state index is 12.6. The van der Waals surface area contributed by atoms with Crippen LogP contribution in [0.25, 0.3) is 0 Å². The van der Waals surface area contributed by atoms with Crippen LogP contribution in [0.5, 0.6) is 0 Å². The fraction of sp³-hybridized carbons (Fsp3) is 0.667. The van der Waals surface area contributed by atoms with Crippen molar-refractivity contribution in [2.24, 2.45) is 17.1 Å². The molecule has 0 aliphatic carbocycles. The first-order chi connectivity index (χ1) is 13.8. The molecule has 0 aromatic heterocycles. The van der Waals surface area contributed by atoms with Crippen LogP contribution in [0.1, 0.15) is 63.5 Å². The third kappa shape index (κ3) is 5.19. The van der Waals surface area contributed by atoms with E-state index in [1.807, 2.05) is 4.90 Å². The second-order valence-corrected chi connectivity index (χ2v) is 9.52. The van der Waals surface area contributed by atoms with Gasteiger partial charge in [-0.2, -0.15) is 0 Å². The Labute approximate surface area is 175 Å². The van der Waals surface area contributed by atoms with Crippen LogP contribution >= 0.6 is 0 Å². The van der Waals surface area contributed by atoms with Crippen molar-refractivity contribution in [1.29, 1.82) is 0 Å². The summed E-state index contributed by atoms with van der Waals surface area (Å²) in [6, 6.07) is 8.49. The van der Waals surface area contributed by atoms with Gasteiger partial charge >= 0.3 is 0 Å². The molecule has 2 aliphatic rings. The van der Waals surface area contributed by atoms with E-state index < -0.39 is 5.41 Å². The number of carbonyl (C=O) groups excluding carboxylic acids is 2. The van der Waals surface area contributed by atoms with Gasteiger partial charge in [0, 0.05) is 32.5 Å². The SMILES string of the molecule is CC(=O)N1CCC[C@H](c2ccccc2CC2(C(N)=O)CCN(CC(C)C)CC2)C1. The largest absolute Gasteiger partial charge is 0.369 e. The molecule has 160 valence electrons. The minimum Gasteiger partial charge on any atom is -0.369 e. The highest BCUT2D eigenvalue weighted by atomic mass is 16.2. The molecule has 5 nitrogen and oxygen atoms in total. The van der Waals surface area contributed by atoms with Crippen molar-refractivity contribution >= 4 is 11.8 Å². The van der Waals surface area contributed by atoms with Crippen LogP contribution in [0.3, 0.4) is 0 Å². The van der Waals surface area contributed by atoms with E-state index in [1.54, 1.807) is 6.92 Å². The Morgan fingerprint density at radius 2 is 1.86 bits per heavy atom. The quantitative estimate of drug-likeness (QED) is 0.799. The summed E-state index contributed by atoms with van der Waals surface area (Å²) < 4.78 is 0. The Kier molecular flexibility index (Phi) is 6.99. The highest BCUT2D eigenvalue weighted by Gasteiger charge is 2.40. The Bertz CT molecular complexity index is 723. The lowest BCUT2D eigenvalue weighted by atomic mass is 9.71. The van der Waals surface area contributed by atoms with Crippen LogP contribution in [-0.4, -0.2) is 54.3 Å². The predicted molar refractivity (Wildman–Crippen MR) is 117 cm³/mol. The normalized spacial score (nSPS) is 22.6. The number of amides is 2. The number of primary amides is 1. The fourth-order valence-corrected chi connectivity index (χ4v) is 5.17. The molecule has 0 radical (unpaired) electrons. The lowest BCUT2D eigenvalue weighted by molar-refractivity contribution is -0.130. The summed E-state index contributed by atoms with van der Waals surface area (Å²) in [5.74, 6) is 0.964. The van der Waals surface area contributed by atoms with Crippen LogP contribution in [0.2, 0.25) is 0 Å². The first kappa shape index (κ1) is 21.8. The summed E-state index contributed by atoms with van der Waals surface area (Å²) in [5, 5.41) is 0. The monoisotopic (exact) mass is 399 g/mol. The number of hydrogen-bond acceptors (Lipinski definition) is 3. The van der Waals surface area contributed by atoms with E-state index in [-0.39, 0.29) is 11.8 Å². The minimum atomic E-state index is -0.460. The molecule has 2 N–H and O–H groups in total. The third-order valence-corrected chi connectivity index (χ3v) is 6.85. The molecule has 0 unspecified atom stereocenters. The van der Waals surface area contributed by atoms with Crippen LogP contribution in [0, 0.1) is 11.3 Å². The van der Waals surface area contributed by atoms with Crippen molar-refractivity contribution in [2.45, 2.75) is 58.8 Å². The van der Waals surface area contributed by atoms with Crippen molar-refractivity contribution in [3.8, 4) is 0 Å². The summed E-state index contributed by atoms with van der Waals surface area (Å²) in [4.78, 5) is 28.9. The van der Waals surface area contributed by atoms with Crippen molar-refractivity contribution < 1.29 is 9.59 Å². The first-order valence-electron chi connectivity index (χ1n) is 11.2. The maximum absolute atomic E-state index is 12.6. The maximum Gasteiger partial charge on any atom is 0.224 e. The Morgan fingerprint density at radius 1 is 1.17 bits per heavy atom. The smallest absolute Gasteiger partial charge is 0.224 e. The number of benzene rings is 1. The highest BCUT2D eigenvalue weighted by Crippen LogP contribution is 2.38. The molecule has 1 aromatic rings. The van der Waals surface area contributed by atoms with Gasteiger partial charge in [-0.3, -0.25) is 9.59 Å². The van der Waals surface area contributed by atoms with Gasteiger partial charge in [0.25, 0.3) is 0 Å². The van der Waals surface area contributed by atoms with Crippen molar-refractivity contribution in [3.63, 3.8) is 0 Å². The molecule has 1 aromatic carbocycles. The molecule has 2 aliphatic heterocycles. The zero-order valence-electron chi connectivity index (χ0n) is 18.3. The lowest BCUT2D eigenvalue weighted by Crippen LogP contribution is -2.49. The van der Waals surface area contributed by atoms with E-state index in [1.165, 1.54) is 11.1 Å². The second kappa shape index (κ2) is 9.29. The molecule has 0 bridgehead atoms. The number of nitrogens with two attached hydrogens (primary N) is 1. The van der Waals surface area contributed by atoms with E-state index >= 15 is 0 Å². The van der Waals surface area contributed by atoms with Gasteiger partial charge in [-0.25, -0.2) is 0 Å². The van der Waals surface area contributed by atoms with E-state index in [0.717, 1.165) is 58.4 Å². The van der Waals surface area contributed by atoms with E-state index in [0.29, 0.717) is 18.3 Å². The van der Waals surface area contributed by atoms with Gasteiger partial charge in [0.05, 0.1) is 5.41 Å². The summed E-state index contributed by atoms with van der Waals surface area (Å²) in [6.45, 7) is 10.7. The van der Waals surface area contributed by atoms with Gasteiger partial charge in [-0.1, -0.05) is 38.1 Å². The summed E-state index contributed by atoms with van der Waals surface area (Å²) >= 11 is 0. The van der Waals surface area contributed by atoms with Gasteiger partial charge in [0.15, 0.2) is 0 Å². The van der Waals surface area contributed by atoms with Gasteiger partial charge in [0.2, 0.25) is 11.8 Å². The molecular weight excluding hydrogens is 362 g/mol. The Hall–Kier alpha value is -1.88. The van der Waals surface area contributed by atoms with E-state index in [4.69, 9.17) is 5.73 Å². The lowest BCUT2D eigenvalue weighted by Gasteiger charge is -2.41. The molecule has 29 heavy (non-hydrogen) atoms. The van der Waals surface area contributed by atoms with E-state index in [9.17, 15) is 9.59 Å². The van der Waals surface area contributed by atoms with Gasteiger partial charge in [0.1, 0.15) is 0 Å². The number of hydrogen-bond donors (Lipinski definition) is 1. The third-order valence-electron chi connectivity index (χ3n) is 6.85. The van der Waals surface area contributed by atoms with Gasteiger partial charge < -0.3 is 15.5 Å². The summed E-state index contributed by atoms with van der Waals surface area (Å²) in [6.07, 6.45) is 4.49. The van der Waals surface area contributed by atoms with Crippen molar-refractivity contribution in [3.05, 3.63) is 35.4 Å². The van der Waals surface area contributed by atoms with Crippen LogP contribution in [-0.2, 0) is 16.0 Å². The minimum absolute atomic E-state index is 0.151. The van der Waals surface area contributed by atoms with Crippen LogP contribution in [0.15, 0.2) is 24.3 Å². The number of likely N-dealkylation sites (tertiary alicyclic amines) is 2. The first-order valence-corrected chi connectivity index (χ1v) is 11.2. The molecular formula is C24H37N3O2. The standard InChI is InChI=1S/C24H37N3O2/c1-18(2)16-26-13-10-24(11-14-26,23(25)29)15-20-7-4-5-9-22(20)21-8-6-12-27(17-21)19(3)28/h4-5,7,9,18,21H,6,8,10-17H2,1-3H3,(H2,25,29)/t21-/m0/s1. The zero-order valence-corrected chi connectivity index (χ0v) is 18.3. The molecule has 5 heteroatoms. The second-order valence-electron chi connectivity index (χ2n) is 9.52. The van der Waals surface area contributed by atoms with Gasteiger partial charge in [-0.05, 0) is 62.2 Å². The number of carbonyl (C=O) groups is 2. The van der Waals surface area contributed by atoms with Crippen molar-refractivity contribution in [2.75, 3.05) is 32.7 Å². The topological polar surface area (TPSA) is 66.6 Å². The molecule has 2 amide bonds. The fourth-order valence-electron chi connectivity index (χ4n) is 5.17. The van der Waals surface area contributed by atoms with Gasteiger partial charge in [-0.15, -0.1) is 0 Å². The average Bonchev–Trinajstić information content (AvgIpc) is 2.69. The molecule has 0 spiro atoms. The predicted octanol–water partition coefficient (Wildman–Crippen LogP) is 3.18. The Morgan fingerprint density at radius 3 is 2.48 bits per heavy atom. The van der Waals surface area contributed by atoms with Crippen molar-refractivity contribution in [1.82, 2.24) is 9.80 Å². The summed E-state index contributed by atoms with van der Waals surface area (Å²) in [7, 11) is 0. The molecule has 2 heterocycles. The average molecular weight is 400 g/mol. The van der Waals surface area contributed by atoms with E-state index in [2.05, 4.69) is 43.0 Å². The molecule has 0 saturated carbocycles. The number of nitrogens with zero attached hydrogens (tertiary/aromatic N) is 2. The number of rotatable bonds is 6. The van der Waals surface area contributed by atoms with Crippen LogP contribution in [0.4, 0.5) is 0 Å². The molecule has 2 fully saturated rings. The molecule has 2 saturated heterocycles. The highest BCUT2D eigenvalue weighted by molar-refractivity contribution is 5.81. The molecule has 1 atom stereocenters. The number of piperidine rings is 2.